The first-order chi connectivity index (χ1) is 9.27. The van der Waals surface area contributed by atoms with Crippen LogP contribution in [0.5, 0.6) is 0 Å². The molecule has 1 aromatic carbocycles. The van der Waals surface area contributed by atoms with Crippen LogP contribution >= 0.6 is 11.6 Å². The first-order valence-electron chi connectivity index (χ1n) is 5.79. The molecule has 1 N–H and O–H groups in total. The Hall–Kier alpha value is -1.44. The molecule has 108 valence electrons. The smallest absolute Gasteiger partial charge is 0.258 e. The van der Waals surface area contributed by atoms with Crippen LogP contribution in [0.3, 0.4) is 0 Å². The van der Waals surface area contributed by atoms with E-state index in [2.05, 4.69) is 9.97 Å². The molecule has 0 radical (unpaired) electrons. The zero-order valence-electron chi connectivity index (χ0n) is 11.3. The Morgan fingerprint density at radius 3 is 2.55 bits per heavy atom. The number of hydrogen-bond donors (Lipinski definition) is 1. The summed E-state index contributed by atoms with van der Waals surface area (Å²) < 4.78 is 25.6. The molecular formula is C12H14ClN3O3S. The number of rotatable bonds is 3. The van der Waals surface area contributed by atoms with E-state index >= 15 is 0 Å². The lowest BCUT2D eigenvalue weighted by Crippen LogP contribution is -2.23. The molecule has 2 aromatic rings. The van der Waals surface area contributed by atoms with E-state index < -0.39 is 10.0 Å². The molecule has 0 amide bonds. The number of nitrogens with zero attached hydrogens (tertiary/aromatic N) is 2. The molecule has 0 saturated heterocycles. The summed E-state index contributed by atoms with van der Waals surface area (Å²) in [6.45, 7) is 1.64. The van der Waals surface area contributed by atoms with Crippen LogP contribution < -0.4 is 5.56 Å². The van der Waals surface area contributed by atoms with Gasteiger partial charge in [0.1, 0.15) is 5.82 Å². The summed E-state index contributed by atoms with van der Waals surface area (Å²) in [5.41, 5.74) is 0.482. The SMILES string of the molecule is Cc1cc2c(=O)[nH]c(CCl)nc2cc1S(=O)(=O)N(C)C. The van der Waals surface area contributed by atoms with Crippen molar-refractivity contribution in [1.29, 1.82) is 0 Å². The third kappa shape index (κ3) is 2.44. The van der Waals surface area contributed by atoms with Crippen LogP contribution in [-0.2, 0) is 15.9 Å². The van der Waals surface area contributed by atoms with E-state index in [4.69, 9.17) is 11.6 Å². The average molecular weight is 316 g/mol. The fourth-order valence-corrected chi connectivity index (χ4v) is 3.11. The van der Waals surface area contributed by atoms with E-state index in [1.165, 1.54) is 26.2 Å². The van der Waals surface area contributed by atoms with Crippen LogP contribution in [0.1, 0.15) is 11.4 Å². The largest absolute Gasteiger partial charge is 0.309 e. The molecule has 0 spiro atoms. The normalized spacial score (nSPS) is 12.2. The summed E-state index contributed by atoms with van der Waals surface area (Å²) in [6, 6.07) is 2.93. The molecule has 0 bridgehead atoms. The highest BCUT2D eigenvalue weighted by atomic mass is 35.5. The average Bonchev–Trinajstić information content (AvgIpc) is 2.38. The van der Waals surface area contributed by atoms with Crippen molar-refractivity contribution in [3.05, 3.63) is 33.9 Å². The predicted octanol–water partition coefficient (Wildman–Crippen LogP) is 1.22. The van der Waals surface area contributed by atoms with Gasteiger partial charge in [0.15, 0.2) is 0 Å². The molecule has 0 aliphatic rings. The van der Waals surface area contributed by atoms with Crippen molar-refractivity contribution in [2.24, 2.45) is 0 Å². The molecule has 0 unspecified atom stereocenters. The molecule has 6 nitrogen and oxygen atoms in total. The summed E-state index contributed by atoms with van der Waals surface area (Å²) in [5, 5.41) is 0.342. The van der Waals surface area contributed by atoms with E-state index in [1.54, 1.807) is 6.92 Å². The van der Waals surface area contributed by atoms with Crippen molar-refractivity contribution in [2.45, 2.75) is 17.7 Å². The Morgan fingerprint density at radius 1 is 1.35 bits per heavy atom. The maximum absolute atomic E-state index is 12.2. The maximum Gasteiger partial charge on any atom is 0.258 e. The van der Waals surface area contributed by atoms with Crippen LogP contribution in [0.15, 0.2) is 21.8 Å². The van der Waals surface area contributed by atoms with Crippen LogP contribution in [0.2, 0.25) is 0 Å². The summed E-state index contributed by atoms with van der Waals surface area (Å²) in [6.07, 6.45) is 0. The van der Waals surface area contributed by atoms with Crippen LogP contribution in [0, 0.1) is 6.92 Å². The molecule has 8 heteroatoms. The molecule has 0 atom stereocenters. The number of aryl methyl sites for hydroxylation is 1. The van der Waals surface area contributed by atoms with Crippen molar-refractivity contribution in [3.63, 3.8) is 0 Å². The molecule has 20 heavy (non-hydrogen) atoms. The van der Waals surface area contributed by atoms with Crippen molar-refractivity contribution in [1.82, 2.24) is 14.3 Å². The van der Waals surface area contributed by atoms with Gasteiger partial charge < -0.3 is 4.98 Å². The van der Waals surface area contributed by atoms with Crippen LogP contribution in [0.25, 0.3) is 10.9 Å². The highest BCUT2D eigenvalue weighted by Gasteiger charge is 2.21. The van der Waals surface area contributed by atoms with Crippen LogP contribution in [-0.4, -0.2) is 36.8 Å². The molecule has 1 aromatic heterocycles. The summed E-state index contributed by atoms with van der Waals surface area (Å²) >= 11 is 5.65. The summed E-state index contributed by atoms with van der Waals surface area (Å²) in [4.78, 5) is 18.7. The summed E-state index contributed by atoms with van der Waals surface area (Å²) in [5.74, 6) is 0.357. The van der Waals surface area contributed by atoms with Gasteiger partial charge in [-0.1, -0.05) is 0 Å². The molecule has 0 aliphatic heterocycles. The number of alkyl halides is 1. The minimum absolute atomic E-state index is 0.0504. The topological polar surface area (TPSA) is 83.1 Å². The Bertz CT molecular complexity index is 828. The second kappa shape index (κ2) is 5.16. The zero-order valence-corrected chi connectivity index (χ0v) is 12.8. The number of hydrogen-bond acceptors (Lipinski definition) is 4. The van der Waals surface area contributed by atoms with Gasteiger partial charge in [-0.2, -0.15) is 0 Å². The van der Waals surface area contributed by atoms with Gasteiger partial charge in [-0.3, -0.25) is 4.79 Å². The first-order valence-corrected chi connectivity index (χ1v) is 7.77. The van der Waals surface area contributed by atoms with Gasteiger partial charge in [0.2, 0.25) is 10.0 Å². The van der Waals surface area contributed by atoms with Crippen molar-refractivity contribution in [2.75, 3.05) is 14.1 Å². The Kier molecular flexibility index (Phi) is 3.86. The fourth-order valence-electron chi connectivity index (χ4n) is 1.86. The lowest BCUT2D eigenvalue weighted by Gasteiger charge is -2.14. The second-order valence-electron chi connectivity index (χ2n) is 4.57. The highest BCUT2D eigenvalue weighted by molar-refractivity contribution is 7.89. The fraction of sp³-hybridized carbons (Fsp3) is 0.333. The van der Waals surface area contributed by atoms with Crippen molar-refractivity contribution < 1.29 is 8.42 Å². The Balaban J connectivity index is 2.84. The number of fused-ring (bicyclic) bond motifs is 1. The van der Waals surface area contributed by atoms with E-state index in [-0.39, 0.29) is 16.3 Å². The van der Waals surface area contributed by atoms with E-state index in [0.29, 0.717) is 22.3 Å². The van der Waals surface area contributed by atoms with Gasteiger partial charge in [0, 0.05) is 14.1 Å². The number of H-pyrrole nitrogens is 1. The monoisotopic (exact) mass is 315 g/mol. The van der Waals surface area contributed by atoms with Crippen molar-refractivity contribution >= 4 is 32.5 Å². The molecule has 0 saturated carbocycles. The number of aromatic nitrogens is 2. The Morgan fingerprint density at radius 2 is 2.00 bits per heavy atom. The molecule has 0 aliphatic carbocycles. The third-order valence-corrected chi connectivity index (χ3v) is 5.15. The van der Waals surface area contributed by atoms with Gasteiger partial charge in [0.25, 0.3) is 5.56 Å². The number of benzene rings is 1. The number of aromatic amines is 1. The third-order valence-electron chi connectivity index (χ3n) is 2.94. The minimum Gasteiger partial charge on any atom is -0.309 e. The lowest BCUT2D eigenvalue weighted by molar-refractivity contribution is 0.520. The predicted molar refractivity (Wildman–Crippen MR) is 77.5 cm³/mol. The first kappa shape index (κ1) is 15.0. The number of halogens is 1. The molecular weight excluding hydrogens is 302 g/mol. The molecule has 0 fully saturated rings. The number of sulfonamides is 1. The van der Waals surface area contributed by atoms with Gasteiger partial charge in [-0.05, 0) is 24.6 Å². The van der Waals surface area contributed by atoms with Gasteiger partial charge >= 0.3 is 0 Å². The van der Waals surface area contributed by atoms with Crippen molar-refractivity contribution in [3.8, 4) is 0 Å². The lowest BCUT2D eigenvalue weighted by atomic mass is 10.1. The summed E-state index contributed by atoms with van der Waals surface area (Å²) in [7, 11) is -0.678. The van der Waals surface area contributed by atoms with E-state index in [1.807, 2.05) is 0 Å². The Labute approximate surface area is 121 Å². The molecule has 2 rings (SSSR count). The standard InChI is InChI=1S/C12H14ClN3O3S/c1-7-4-8-9(14-11(6-13)15-12(8)17)5-10(7)20(18,19)16(2)3/h4-5H,6H2,1-3H3,(H,14,15,17). The van der Waals surface area contributed by atoms with Gasteiger partial charge in [0.05, 0.1) is 21.7 Å². The highest BCUT2D eigenvalue weighted by Crippen LogP contribution is 2.22. The van der Waals surface area contributed by atoms with E-state index in [9.17, 15) is 13.2 Å². The van der Waals surface area contributed by atoms with E-state index in [0.717, 1.165) is 4.31 Å². The van der Waals surface area contributed by atoms with Gasteiger partial charge in [-0.15, -0.1) is 11.6 Å². The number of nitrogens with one attached hydrogen (secondary N) is 1. The quantitative estimate of drug-likeness (QED) is 0.863. The maximum atomic E-state index is 12.2. The molecule has 1 heterocycles. The second-order valence-corrected chi connectivity index (χ2v) is 6.96. The van der Waals surface area contributed by atoms with Crippen LogP contribution in [0.4, 0.5) is 0 Å². The zero-order chi connectivity index (χ0) is 15.1. The minimum atomic E-state index is -3.58. The van der Waals surface area contributed by atoms with Gasteiger partial charge in [-0.25, -0.2) is 17.7 Å².